The lowest BCUT2D eigenvalue weighted by molar-refractivity contribution is 0.0469. The van der Waals surface area contributed by atoms with Crippen molar-refractivity contribution in [2.24, 2.45) is 0 Å². The summed E-state index contributed by atoms with van der Waals surface area (Å²) in [6.07, 6.45) is 3.08. The molecule has 1 aliphatic heterocycles. The number of rotatable bonds is 7. The second-order valence-electron chi connectivity index (χ2n) is 6.49. The van der Waals surface area contributed by atoms with E-state index in [9.17, 15) is 22.8 Å². The SMILES string of the molecule is CC(=O)c1c[nH]c(C(=O)OCC(=O)c2ccc(S(=O)(=O)N3CCCC3)cc2)c1. The molecule has 3 rings (SSSR count). The quantitative estimate of drug-likeness (QED) is 0.558. The molecule has 0 aliphatic carbocycles. The lowest BCUT2D eigenvalue weighted by atomic mass is 10.1. The summed E-state index contributed by atoms with van der Waals surface area (Å²) in [5.41, 5.74) is 0.655. The Kier molecular flexibility index (Phi) is 5.76. The van der Waals surface area contributed by atoms with E-state index in [1.165, 1.54) is 47.8 Å². The second kappa shape index (κ2) is 8.07. The number of carbonyl (C=O) groups is 3. The van der Waals surface area contributed by atoms with Gasteiger partial charge in [-0.15, -0.1) is 0 Å². The lowest BCUT2D eigenvalue weighted by Gasteiger charge is -2.15. The Bertz CT molecular complexity index is 1000. The van der Waals surface area contributed by atoms with Crippen molar-refractivity contribution in [1.29, 1.82) is 0 Å². The Labute approximate surface area is 162 Å². The van der Waals surface area contributed by atoms with Crippen LogP contribution in [0.3, 0.4) is 0 Å². The van der Waals surface area contributed by atoms with Crippen LogP contribution in [0.2, 0.25) is 0 Å². The Morgan fingerprint density at radius 2 is 1.71 bits per heavy atom. The van der Waals surface area contributed by atoms with Crippen molar-refractivity contribution >= 4 is 27.6 Å². The number of carbonyl (C=O) groups excluding carboxylic acids is 3. The summed E-state index contributed by atoms with van der Waals surface area (Å²) in [6, 6.07) is 6.93. The molecule has 9 heteroatoms. The Morgan fingerprint density at radius 3 is 2.29 bits per heavy atom. The average molecular weight is 404 g/mol. The highest BCUT2D eigenvalue weighted by atomic mass is 32.2. The van der Waals surface area contributed by atoms with Crippen LogP contribution in [0.25, 0.3) is 0 Å². The van der Waals surface area contributed by atoms with E-state index in [1.807, 2.05) is 0 Å². The van der Waals surface area contributed by atoms with Crippen LogP contribution in [-0.4, -0.2) is 54.9 Å². The van der Waals surface area contributed by atoms with E-state index in [4.69, 9.17) is 4.74 Å². The zero-order valence-corrected chi connectivity index (χ0v) is 16.1. The molecule has 1 aromatic carbocycles. The van der Waals surface area contributed by atoms with Gasteiger partial charge in [-0.3, -0.25) is 9.59 Å². The van der Waals surface area contributed by atoms with Crippen LogP contribution in [0, 0.1) is 0 Å². The van der Waals surface area contributed by atoms with E-state index < -0.39 is 28.4 Å². The number of hydrogen-bond donors (Lipinski definition) is 1. The van der Waals surface area contributed by atoms with Gasteiger partial charge in [-0.2, -0.15) is 4.31 Å². The molecule has 0 unspecified atom stereocenters. The summed E-state index contributed by atoms with van der Waals surface area (Å²) in [6.45, 7) is 1.88. The maximum Gasteiger partial charge on any atom is 0.355 e. The van der Waals surface area contributed by atoms with Gasteiger partial charge in [-0.05, 0) is 50.1 Å². The predicted molar refractivity (Wildman–Crippen MR) is 99.8 cm³/mol. The number of aromatic nitrogens is 1. The second-order valence-corrected chi connectivity index (χ2v) is 8.43. The Morgan fingerprint density at radius 1 is 1.07 bits per heavy atom. The van der Waals surface area contributed by atoms with Crippen LogP contribution in [0.1, 0.15) is 51.0 Å². The number of ketones is 2. The van der Waals surface area contributed by atoms with Gasteiger partial charge in [-0.25, -0.2) is 13.2 Å². The van der Waals surface area contributed by atoms with Crippen molar-refractivity contribution in [3.05, 3.63) is 53.3 Å². The number of sulfonamides is 1. The minimum atomic E-state index is -3.54. The number of nitrogens with zero attached hydrogens (tertiary/aromatic N) is 1. The van der Waals surface area contributed by atoms with Gasteiger partial charge < -0.3 is 9.72 Å². The van der Waals surface area contributed by atoms with E-state index in [0.29, 0.717) is 18.7 Å². The number of nitrogens with one attached hydrogen (secondary N) is 1. The van der Waals surface area contributed by atoms with E-state index >= 15 is 0 Å². The molecule has 1 fully saturated rings. The standard InChI is InChI=1S/C19H20N2O6S/c1-13(22)15-10-17(20-11-15)19(24)27-12-18(23)14-4-6-16(7-5-14)28(25,26)21-8-2-3-9-21/h4-7,10-11,20H,2-3,8-9,12H2,1H3. The smallest absolute Gasteiger partial charge is 0.355 e. The van der Waals surface area contributed by atoms with Crippen LogP contribution in [-0.2, 0) is 14.8 Å². The van der Waals surface area contributed by atoms with Gasteiger partial charge in [0.05, 0.1) is 4.90 Å². The van der Waals surface area contributed by atoms with Gasteiger partial charge in [0, 0.05) is 30.4 Å². The maximum absolute atomic E-state index is 12.5. The summed E-state index contributed by atoms with van der Waals surface area (Å²) < 4.78 is 31.3. The summed E-state index contributed by atoms with van der Waals surface area (Å²) >= 11 is 0. The molecule has 148 valence electrons. The highest BCUT2D eigenvalue weighted by Gasteiger charge is 2.27. The number of ether oxygens (including phenoxy) is 1. The number of hydrogen-bond acceptors (Lipinski definition) is 6. The zero-order valence-electron chi connectivity index (χ0n) is 15.3. The molecule has 8 nitrogen and oxygen atoms in total. The number of esters is 1. The molecule has 0 spiro atoms. The monoisotopic (exact) mass is 404 g/mol. The van der Waals surface area contributed by atoms with Gasteiger partial charge in [0.1, 0.15) is 5.69 Å². The maximum atomic E-state index is 12.5. The fraction of sp³-hybridized carbons (Fsp3) is 0.316. The first-order chi connectivity index (χ1) is 13.3. The predicted octanol–water partition coefficient (Wildman–Crippen LogP) is 2.04. The number of Topliss-reactive ketones (excluding diaryl/α,β-unsaturated/α-hetero) is 2. The Balaban J connectivity index is 1.61. The molecular weight excluding hydrogens is 384 g/mol. The zero-order chi connectivity index (χ0) is 20.3. The molecule has 2 aromatic rings. The summed E-state index contributed by atoms with van der Waals surface area (Å²) in [5, 5.41) is 0. The Hall–Kier alpha value is -2.78. The molecule has 28 heavy (non-hydrogen) atoms. The van der Waals surface area contributed by atoms with Crippen molar-refractivity contribution in [3.63, 3.8) is 0 Å². The first kappa shape index (κ1) is 20.0. The molecule has 0 radical (unpaired) electrons. The molecule has 0 saturated carbocycles. The summed E-state index contributed by atoms with van der Waals surface area (Å²) in [5.74, 6) is -1.42. The van der Waals surface area contributed by atoms with E-state index in [-0.39, 0.29) is 21.9 Å². The minimum Gasteiger partial charge on any atom is -0.453 e. The number of aromatic amines is 1. The molecule has 1 N–H and O–H groups in total. The fourth-order valence-electron chi connectivity index (χ4n) is 2.90. The lowest BCUT2D eigenvalue weighted by Crippen LogP contribution is -2.27. The molecule has 0 bridgehead atoms. The average Bonchev–Trinajstić information content (AvgIpc) is 3.38. The molecular formula is C19H20N2O6S. The van der Waals surface area contributed by atoms with Crippen LogP contribution < -0.4 is 0 Å². The van der Waals surface area contributed by atoms with Crippen molar-refractivity contribution in [1.82, 2.24) is 9.29 Å². The van der Waals surface area contributed by atoms with Crippen molar-refractivity contribution in [2.75, 3.05) is 19.7 Å². The molecule has 2 heterocycles. The van der Waals surface area contributed by atoms with Crippen LogP contribution in [0.15, 0.2) is 41.4 Å². The van der Waals surface area contributed by atoms with Gasteiger partial charge in [0.15, 0.2) is 18.2 Å². The highest BCUT2D eigenvalue weighted by molar-refractivity contribution is 7.89. The van der Waals surface area contributed by atoms with Crippen LogP contribution >= 0.6 is 0 Å². The van der Waals surface area contributed by atoms with E-state index in [0.717, 1.165) is 12.8 Å². The fourth-order valence-corrected chi connectivity index (χ4v) is 4.42. The third-order valence-corrected chi connectivity index (χ3v) is 6.44. The first-order valence-electron chi connectivity index (χ1n) is 8.79. The van der Waals surface area contributed by atoms with Gasteiger partial charge >= 0.3 is 5.97 Å². The third-order valence-electron chi connectivity index (χ3n) is 4.52. The highest BCUT2D eigenvalue weighted by Crippen LogP contribution is 2.21. The molecule has 0 amide bonds. The van der Waals surface area contributed by atoms with Crippen molar-refractivity contribution in [3.8, 4) is 0 Å². The summed E-state index contributed by atoms with van der Waals surface area (Å²) in [4.78, 5) is 38.2. The topological polar surface area (TPSA) is 114 Å². The summed E-state index contributed by atoms with van der Waals surface area (Å²) in [7, 11) is -3.54. The number of benzene rings is 1. The minimum absolute atomic E-state index is 0.0741. The van der Waals surface area contributed by atoms with Crippen molar-refractivity contribution in [2.45, 2.75) is 24.7 Å². The van der Waals surface area contributed by atoms with Gasteiger partial charge in [0.25, 0.3) is 0 Å². The normalized spacial score (nSPS) is 14.8. The van der Waals surface area contributed by atoms with Crippen LogP contribution in [0.4, 0.5) is 0 Å². The van der Waals surface area contributed by atoms with Crippen molar-refractivity contribution < 1.29 is 27.5 Å². The number of H-pyrrole nitrogens is 1. The van der Waals surface area contributed by atoms with E-state index in [2.05, 4.69) is 4.98 Å². The third kappa shape index (κ3) is 4.20. The van der Waals surface area contributed by atoms with Gasteiger partial charge in [0.2, 0.25) is 10.0 Å². The van der Waals surface area contributed by atoms with Crippen LogP contribution in [0.5, 0.6) is 0 Å². The largest absolute Gasteiger partial charge is 0.453 e. The molecule has 1 saturated heterocycles. The molecule has 1 aliphatic rings. The molecule has 0 atom stereocenters. The van der Waals surface area contributed by atoms with Gasteiger partial charge in [-0.1, -0.05) is 0 Å². The first-order valence-corrected chi connectivity index (χ1v) is 10.2. The molecule has 1 aromatic heterocycles. The van der Waals surface area contributed by atoms with E-state index in [1.54, 1.807) is 0 Å².